The van der Waals surface area contributed by atoms with Crippen molar-refractivity contribution in [2.45, 2.75) is 32.0 Å². The fourth-order valence-corrected chi connectivity index (χ4v) is 3.81. The van der Waals surface area contributed by atoms with E-state index in [9.17, 15) is 9.59 Å². The van der Waals surface area contributed by atoms with Crippen LogP contribution in [0.4, 0.5) is 0 Å². The molecule has 1 heterocycles. The van der Waals surface area contributed by atoms with Crippen LogP contribution in [0.2, 0.25) is 0 Å². The van der Waals surface area contributed by atoms with Crippen LogP contribution in [0.1, 0.15) is 34.5 Å². The molecule has 1 aromatic heterocycles. The summed E-state index contributed by atoms with van der Waals surface area (Å²) in [5.74, 6) is 0.448. The quantitative estimate of drug-likeness (QED) is 0.517. The van der Waals surface area contributed by atoms with Crippen LogP contribution < -0.4 is 4.74 Å². The third-order valence-corrected chi connectivity index (χ3v) is 5.84. The number of methoxy groups -OCH3 is 1. The molecule has 0 saturated heterocycles. The summed E-state index contributed by atoms with van der Waals surface area (Å²) in [5, 5.41) is 0. The summed E-state index contributed by atoms with van der Waals surface area (Å²) in [4.78, 5) is 30.3. The molecular weight excluding hydrogens is 402 g/mol. The predicted molar refractivity (Wildman–Crippen MR) is 123 cm³/mol. The van der Waals surface area contributed by atoms with E-state index in [-0.39, 0.29) is 24.4 Å². The fourth-order valence-electron chi connectivity index (χ4n) is 3.81. The van der Waals surface area contributed by atoms with Gasteiger partial charge in [-0.05, 0) is 48.7 Å². The number of amides is 2. The zero-order valence-corrected chi connectivity index (χ0v) is 18.6. The van der Waals surface area contributed by atoms with Crippen LogP contribution in [-0.4, -0.2) is 45.9 Å². The molecule has 32 heavy (non-hydrogen) atoms. The summed E-state index contributed by atoms with van der Waals surface area (Å²) in [5.41, 5.74) is 2.65. The summed E-state index contributed by atoms with van der Waals surface area (Å²) in [6.45, 7) is 1.05. The van der Waals surface area contributed by atoms with Gasteiger partial charge in [0.05, 0.1) is 13.7 Å². The van der Waals surface area contributed by atoms with Crippen LogP contribution in [0.25, 0.3) is 0 Å². The normalized spacial score (nSPS) is 12.9. The molecule has 2 aromatic carbocycles. The molecule has 1 saturated carbocycles. The van der Waals surface area contributed by atoms with E-state index >= 15 is 0 Å². The molecule has 0 aliphatic heterocycles. The van der Waals surface area contributed by atoms with Gasteiger partial charge in [0.15, 0.2) is 0 Å². The van der Waals surface area contributed by atoms with Crippen LogP contribution >= 0.6 is 0 Å². The van der Waals surface area contributed by atoms with Gasteiger partial charge in [0.2, 0.25) is 5.91 Å². The fraction of sp³-hybridized carbons (Fsp3) is 0.308. The highest BCUT2D eigenvalue weighted by molar-refractivity contribution is 5.97. The monoisotopic (exact) mass is 431 g/mol. The van der Waals surface area contributed by atoms with Crippen molar-refractivity contribution in [3.8, 4) is 5.75 Å². The lowest BCUT2D eigenvalue weighted by molar-refractivity contribution is -0.133. The number of hydrogen-bond donors (Lipinski definition) is 0. The van der Waals surface area contributed by atoms with E-state index in [0.717, 1.165) is 24.1 Å². The molecule has 1 aliphatic rings. The van der Waals surface area contributed by atoms with E-state index in [4.69, 9.17) is 4.74 Å². The van der Waals surface area contributed by atoms with Crippen molar-refractivity contribution < 1.29 is 14.3 Å². The number of benzene rings is 2. The van der Waals surface area contributed by atoms with Crippen LogP contribution in [-0.2, 0) is 24.9 Å². The molecule has 1 fully saturated rings. The Morgan fingerprint density at radius 3 is 2.44 bits per heavy atom. The molecule has 0 unspecified atom stereocenters. The van der Waals surface area contributed by atoms with Crippen molar-refractivity contribution in [1.82, 2.24) is 14.4 Å². The Hall–Kier alpha value is -3.54. The molecule has 3 aromatic rings. The number of aryl methyl sites for hydroxylation is 1. The Morgan fingerprint density at radius 2 is 1.78 bits per heavy atom. The van der Waals surface area contributed by atoms with E-state index in [0.29, 0.717) is 24.4 Å². The molecule has 6 heteroatoms. The van der Waals surface area contributed by atoms with Crippen molar-refractivity contribution in [3.63, 3.8) is 0 Å². The Morgan fingerprint density at radius 1 is 1.00 bits per heavy atom. The largest absolute Gasteiger partial charge is 0.497 e. The van der Waals surface area contributed by atoms with Crippen molar-refractivity contribution in [3.05, 3.63) is 89.7 Å². The third kappa shape index (κ3) is 5.19. The Balaban J connectivity index is 1.54. The minimum atomic E-state index is -0.127. The maximum Gasteiger partial charge on any atom is 0.254 e. The zero-order valence-electron chi connectivity index (χ0n) is 18.6. The molecule has 1 aliphatic carbocycles. The summed E-state index contributed by atoms with van der Waals surface area (Å²) in [7, 11) is 3.56. The van der Waals surface area contributed by atoms with Gasteiger partial charge in [0.1, 0.15) is 12.3 Å². The van der Waals surface area contributed by atoms with Gasteiger partial charge in [-0.25, -0.2) is 0 Å². The van der Waals surface area contributed by atoms with Crippen molar-refractivity contribution in [2.75, 3.05) is 13.7 Å². The van der Waals surface area contributed by atoms with Gasteiger partial charge in [0.25, 0.3) is 5.91 Å². The van der Waals surface area contributed by atoms with Crippen molar-refractivity contribution >= 4 is 11.8 Å². The molecule has 0 radical (unpaired) electrons. The van der Waals surface area contributed by atoms with Gasteiger partial charge in [-0.15, -0.1) is 0 Å². The van der Waals surface area contributed by atoms with Crippen molar-refractivity contribution in [1.29, 1.82) is 0 Å². The number of nitrogens with zero attached hydrogens (tertiary/aromatic N) is 3. The summed E-state index contributed by atoms with van der Waals surface area (Å²) in [6, 6.07) is 21.2. The third-order valence-electron chi connectivity index (χ3n) is 5.84. The summed E-state index contributed by atoms with van der Waals surface area (Å²) < 4.78 is 7.29. The smallest absolute Gasteiger partial charge is 0.254 e. The lowest BCUT2D eigenvalue weighted by Gasteiger charge is -2.28. The van der Waals surface area contributed by atoms with E-state index in [2.05, 4.69) is 0 Å². The summed E-state index contributed by atoms with van der Waals surface area (Å²) in [6.07, 6.45) is 3.84. The number of hydrogen-bond acceptors (Lipinski definition) is 3. The van der Waals surface area contributed by atoms with Crippen LogP contribution in [0.5, 0.6) is 5.75 Å². The summed E-state index contributed by atoms with van der Waals surface area (Å²) >= 11 is 0. The number of aromatic nitrogens is 1. The van der Waals surface area contributed by atoms with Crippen molar-refractivity contribution in [2.24, 2.45) is 7.05 Å². The van der Waals surface area contributed by atoms with Gasteiger partial charge in [-0.3, -0.25) is 9.59 Å². The van der Waals surface area contributed by atoms with E-state index < -0.39 is 0 Å². The molecule has 6 nitrogen and oxygen atoms in total. The molecule has 0 spiro atoms. The molecule has 0 atom stereocenters. The first-order chi connectivity index (χ1) is 15.5. The lowest BCUT2D eigenvalue weighted by atomic mass is 10.1. The highest BCUT2D eigenvalue weighted by Crippen LogP contribution is 2.29. The SMILES string of the molecule is COc1cccc(C(=O)N(CC(=O)N(Cc2ccccc2)Cc2cccn2C)C2CC2)c1. The molecule has 2 amide bonds. The minimum Gasteiger partial charge on any atom is -0.497 e. The van der Waals surface area contributed by atoms with Gasteiger partial charge < -0.3 is 19.1 Å². The molecule has 0 bridgehead atoms. The Kier molecular flexibility index (Phi) is 6.59. The average molecular weight is 432 g/mol. The first-order valence-corrected chi connectivity index (χ1v) is 10.9. The van der Waals surface area contributed by atoms with Gasteiger partial charge >= 0.3 is 0 Å². The highest BCUT2D eigenvalue weighted by atomic mass is 16.5. The molecule has 0 N–H and O–H groups in total. The number of rotatable bonds is 9. The first kappa shape index (κ1) is 21.7. The number of ether oxygens (including phenoxy) is 1. The second-order valence-corrected chi connectivity index (χ2v) is 8.24. The molecule has 166 valence electrons. The second kappa shape index (κ2) is 9.73. The second-order valence-electron chi connectivity index (χ2n) is 8.24. The minimum absolute atomic E-state index is 0.0572. The van der Waals surface area contributed by atoms with Gasteiger partial charge in [-0.2, -0.15) is 0 Å². The molecular formula is C26H29N3O3. The lowest BCUT2D eigenvalue weighted by Crippen LogP contribution is -2.43. The number of carbonyl (C=O) groups excluding carboxylic acids is 2. The standard InChI is InChI=1S/C26H29N3O3/c1-27-15-7-11-23(27)18-28(17-20-8-4-3-5-9-20)25(30)19-29(22-13-14-22)26(31)21-10-6-12-24(16-21)32-2/h3-12,15-16,22H,13-14,17-19H2,1-2H3. The topological polar surface area (TPSA) is 54.8 Å². The molecule has 4 rings (SSSR count). The van der Waals surface area contributed by atoms with Crippen LogP contribution in [0.15, 0.2) is 72.9 Å². The Bertz CT molecular complexity index is 1070. The van der Waals surface area contributed by atoms with E-state index in [1.54, 1.807) is 30.2 Å². The van der Waals surface area contributed by atoms with Gasteiger partial charge in [-0.1, -0.05) is 36.4 Å². The number of carbonyl (C=O) groups is 2. The highest BCUT2D eigenvalue weighted by Gasteiger charge is 2.35. The average Bonchev–Trinajstić information content (AvgIpc) is 3.59. The first-order valence-electron chi connectivity index (χ1n) is 10.9. The predicted octanol–water partition coefficient (Wildman–Crippen LogP) is 3.87. The van der Waals surface area contributed by atoms with E-state index in [1.807, 2.05) is 71.2 Å². The van der Waals surface area contributed by atoms with Gasteiger partial charge in [0, 0.05) is 37.1 Å². The van der Waals surface area contributed by atoms with Crippen LogP contribution in [0.3, 0.4) is 0 Å². The van der Waals surface area contributed by atoms with Crippen LogP contribution in [0, 0.1) is 0 Å². The van der Waals surface area contributed by atoms with E-state index in [1.165, 1.54) is 0 Å². The Labute approximate surface area is 189 Å². The maximum atomic E-state index is 13.5. The maximum absolute atomic E-state index is 13.5. The zero-order chi connectivity index (χ0) is 22.5.